The molecule has 0 unspecified atom stereocenters. The van der Waals surface area contributed by atoms with Crippen molar-refractivity contribution in [2.24, 2.45) is 0 Å². The fourth-order valence-corrected chi connectivity index (χ4v) is 2.63. The van der Waals surface area contributed by atoms with Crippen LogP contribution in [0, 0.1) is 0 Å². The van der Waals surface area contributed by atoms with Crippen molar-refractivity contribution >= 4 is 11.6 Å². The van der Waals surface area contributed by atoms with Crippen molar-refractivity contribution in [3.05, 3.63) is 72.1 Å². The van der Waals surface area contributed by atoms with E-state index < -0.39 is 0 Å². The van der Waals surface area contributed by atoms with Gasteiger partial charge < -0.3 is 10.1 Å². The van der Waals surface area contributed by atoms with E-state index >= 15 is 0 Å². The number of anilines is 1. The molecule has 3 rings (SSSR count). The molecule has 26 heavy (non-hydrogen) atoms. The predicted octanol–water partition coefficient (Wildman–Crippen LogP) is 4.43. The molecule has 1 amide bonds. The van der Waals surface area contributed by atoms with Gasteiger partial charge in [-0.2, -0.15) is 5.10 Å². The molecular weight excluding hydrogens is 326 g/mol. The van der Waals surface area contributed by atoms with Crippen LogP contribution in [0.5, 0.6) is 5.75 Å². The molecule has 0 radical (unpaired) electrons. The van der Waals surface area contributed by atoms with Crippen molar-refractivity contribution in [3.63, 3.8) is 0 Å². The summed E-state index contributed by atoms with van der Waals surface area (Å²) in [6.07, 6.45) is 1.77. The Morgan fingerprint density at radius 3 is 2.46 bits per heavy atom. The minimum atomic E-state index is -0.274. The van der Waals surface area contributed by atoms with Gasteiger partial charge in [-0.25, -0.2) is 4.68 Å². The second-order valence-electron chi connectivity index (χ2n) is 7.10. The van der Waals surface area contributed by atoms with Crippen molar-refractivity contribution in [3.8, 4) is 11.4 Å². The first-order valence-corrected chi connectivity index (χ1v) is 8.49. The molecule has 1 heterocycles. The molecular formula is C21H23N3O2. The molecule has 5 nitrogen and oxygen atoms in total. The molecule has 0 spiro atoms. The van der Waals surface area contributed by atoms with Crippen LogP contribution in [0.1, 0.15) is 36.8 Å². The fraction of sp³-hybridized carbons (Fsp3) is 0.238. The van der Waals surface area contributed by atoms with E-state index in [2.05, 4.69) is 31.2 Å². The average molecular weight is 349 g/mol. The van der Waals surface area contributed by atoms with Gasteiger partial charge in [-0.05, 0) is 41.3 Å². The maximum absolute atomic E-state index is 12.6. The zero-order valence-electron chi connectivity index (χ0n) is 15.5. The van der Waals surface area contributed by atoms with Crippen LogP contribution < -0.4 is 10.1 Å². The minimum absolute atomic E-state index is 0.0271. The number of nitrogens with one attached hydrogen (secondary N) is 1. The molecule has 1 aromatic heterocycles. The smallest absolute Gasteiger partial charge is 0.276 e. The number of carbonyl (C=O) groups excluding carboxylic acids is 1. The van der Waals surface area contributed by atoms with Crippen LogP contribution in [0.15, 0.2) is 60.8 Å². The number of methoxy groups -OCH3 is 1. The lowest BCUT2D eigenvalue weighted by Gasteiger charge is -2.21. The summed E-state index contributed by atoms with van der Waals surface area (Å²) in [6, 6.07) is 17.2. The van der Waals surface area contributed by atoms with Crippen LogP contribution in [0.3, 0.4) is 0 Å². The zero-order chi connectivity index (χ0) is 18.7. The molecule has 0 bridgehead atoms. The van der Waals surface area contributed by atoms with Crippen LogP contribution in [0.25, 0.3) is 5.69 Å². The van der Waals surface area contributed by atoms with E-state index in [4.69, 9.17) is 4.74 Å². The highest BCUT2D eigenvalue weighted by atomic mass is 16.5. The van der Waals surface area contributed by atoms with Crippen molar-refractivity contribution in [2.75, 3.05) is 12.4 Å². The van der Waals surface area contributed by atoms with E-state index in [-0.39, 0.29) is 11.3 Å². The summed E-state index contributed by atoms with van der Waals surface area (Å²) in [5, 5.41) is 7.28. The maximum Gasteiger partial charge on any atom is 0.276 e. The van der Waals surface area contributed by atoms with E-state index in [1.807, 2.05) is 48.5 Å². The summed E-state index contributed by atoms with van der Waals surface area (Å²) in [6.45, 7) is 6.38. The molecule has 0 fully saturated rings. The van der Waals surface area contributed by atoms with Gasteiger partial charge in [-0.3, -0.25) is 4.79 Å². The molecule has 0 aliphatic heterocycles. The lowest BCUT2D eigenvalue weighted by molar-refractivity contribution is 0.102. The van der Waals surface area contributed by atoms with Crippen LogP contribution in [0.2, 0.25) is 0 Å². The van der Waals surface area contributed by atoms with Gasteiger partial charge in [0.2, 0.25) is 0 Å². The van der Waals surface area contributed by atoms with E-state index in [1.165, 1.54) is 0 Å². The summed E-state index contributed by atoms with van der Waals surface area (Å²) < 4.78 is 7.06. The van der Waals surface area contributed by atoms with E-state index in [1.54, 1.807) is 24.1 Å². The predicted molar refractivity (Wildman–Crippen MR) is 103 cm³/mol. The largest absolute Gasteiger partial charge is 0.495 e. The molecule has 0 saturated heterocycles. The number of para-hydroxylation sites is 1. The molecule has 0 aliphatic carbocycles. The Hall–Kier alpha value is -3.08. The quantitative estimate of drug-likeness (QED) is 0.758. The summed E-state index contributed by atoms with van der Waals surface area (Å²) >= 11 is 0. The van der Waals surface area contributed by atoms with E-state index in [0.29, 0.717) is 17.1 Å². The second kappa shape index (κ2) is 7.04. The Kier molecular flexibility index (Phi) is 4.80. The normalized spacial score (nSPS) is 11.2. The molecule has 1 N–H and O–H groups in total. The topological polar surface area (TPSA) is 56.1 Å². The van der Waals surface area contributed by atoms with Crippen LogP contribution in [0.4, 0.5) is 5.69 Å². The molecule has 3 aromatic rings. The molecule has 0 atom stereocenters. The molecule has 0 aliphatic rings. The lowest BCUT2D eigenvalue weighted by Crippen LogP contribution is -2.16. The highest BCUT2D eigenvalue weighted by Gasteiger charge is 2.18. The number of nitrogens with zero attached hydrogens (tertiary/aromatic N) is 2. The van der Waals surface area contributed by atoms with Crippen molar-refractivity contribution in [2.45, 2.75) is 26.2 Å². The van der Waals surface area contributed by atoms with Gasteiger partial charge in [0.05, 0.1) is 18.5 Å². The number of hydrogen-bond donors (Lipinski definition) is 1. The third-order valence-corrected chi connectivity index (χ3v) is 4.16. The van der Waals surface area contributed by atoms with Crippen LogP contribution >= 0.6 is 0 Å². The number of carbonyl (C=O) groups is 1. The number of aromatic nitrogens is 2. The van der Waals surface area contributed by atoms with Crippen molar-refractivity contribution in [1.29, 1.82) is 0 Å². The Morgan fingerprint density at radius 1 is 1.08 bits per heavy atom. The first-order valence-electron chi connectivity index (χ1n) is 8.49. The summed E-state index contributed by atoms with van der Waals surface area (Å²) in [4.78, 5) is 12.6. The maximum atomic E-state index is 12.6. The minimum Gasteiger partial charge on any atom is -0.495 e. The second-order valence-corrected chi connectivity index (χ2v) is 7.10. The highest BCUT2D eigenvalue weighted by molar-refractivity contribution is 6.03. The Morgan fingerprint density at radius 2 is 1.81 bits per heavy atom. The SMILES string of the molecule is COc1ccc(C(C)(C)C)cc1NC(=O)c1ccn(-c2ccccc2)n1. The van der Waals surface area contributed by atoms with Crippen LogP contribution in [-0.2, 0) is 5.41 Å². The Labute approximate surface area is 153 Å². The van der Waals surface area contributed by atoms with E-state index in [9.17, 15) is 4.79 Å². The summed E-state index contributed by atoms with van der Waals surface area (Å²) in [5.74, 6) is 0.345. The monoisotopic (exact) mass is 349 g/mol. The summed E-state index contributed by atoms with van der Waals surface area (Å²) in [7, 11) is 1.59. The highest BCUT2D eigenvalue weighted by Crippen LogP contribution is 2.31. The van der Waals surface area contributed by atoms with Crippen LogP contribution in [-0.4, -0.2) is 22.8 Å². The van der Waals surface area contributed by atoms with Gasteiger partial charge in [-0.15, -0.1) is 0 Å². The summed E-state index contributed by atoms with van der Waals surface area (Å²) in [5.41, 5.74) is 2.97. The van der Waals surface area contributed by atoms with Crippen molar-refractivity contribution in [1.82, 2.24) is 9.78 Å². The zero-order valence-corrected chi connectivity index (χ0v) is 15.5. The van der Waals surface area contributed by atoms with Gasteiger partial charge in [0.15, 0.2) is 5.69 Å². The third-order valence-electron chi connectivity index (χ3n) is 4.16. The number of rotatable bonds is 4. The van der Waals surface area contributed by atoms with Crippen molar-refractivity contribution < 1.29 is 9.53 Å². The Balaban J connectivity index is 1.85. The lowest BCUT2D eigenvalue weighted by atomic mass is 9.87. The number of amides is 1. The molecule has 0 saturated carbocycles. The number of ether oxygens (including phenoxy) is 1. The molecule has 134 valence electrons. The standard InChI is InChI=1S/C21H23N3O2/c1-21(2,3)15-10-11-19(26-4)18(14-15)22-20(25)17-12-13-24(23-17)16-8-6-5-7-9-16/h5-14H,1-4H3,(H,22,25). The number of benzene rings is 2. The van der Waals surface area contributed by atoms with Gasteiger partial charge >= 0.3 is 0 Å². The molecule has 5 heteroatoms. The van der Waals surface area contributed by atoms with Gasteiger partial charge in [-0.1, -0.05) is 45.0 Å². The fourth-order valence-electron chi connectivity index (χ4n) is 2.63. The first-order chi connectivity index (χ1) is 12.4. The Bertz CT molecular complexity index is 909. The number of hydrogen-bond acceptors (Lipinski definition) is 3. The average Bonchev–Trinajstić information content (AvgIpc) is 3.12. The van der Waals surface area contributed by atoms with Gasteiger partial charge in [0, 0.05) is 6.20 Å². The third kappa shape index (κ3) is 3.77. The van der Waals surface area contributed by atoms with Gasteiger partial charge in [0.25, 0.3) is 5.91 Å². The van der Waals surface area contributed by atoms with E-state index in [0.717, 1.165) is 11.3 Å². The molecule has 2 aromatic carbocycles. The van der Waals surface area contributed by atoms with Gasteiger partial charge in [0.1, 0.15) is 5.75 Å². The first kappa shape index (κ1) is 17.7.